The smallest absolute Gasteiger partial charge is 0.246 e. The van der Waals surface area contributed by atoms with E-state index in [2.05, 4.69) is 32.6 Å². The van der Waals surface area contributed by atoms with E-state index in [1.54, 1.807) is 16.7 Å². The minimum atomic E-state index is -0.240. The fourth-order valence-corrected chi connectivity index (χ4v) is 3.44. The first-order valence-corrected chi connectivity index (χ1v) is 9.70. The van der Waals surface area contributed by atoms with Gasteiger partial charge in [0.05, 0.1) is 0 Å². The SMILES string of the molecule is CCCCc1nnc(NC(=O)Cn2c(-c3ccc(Cl)cc3)n[nH]c2=S)s1. The van der Waals surface area contributed by atoms with E-state index < -0.39 is 0 Å². The van der Waals surface area contributed by atoms with Gasteiger partial charge in [-0.1, -0.05) is 36.3 Å². The van der Waals surface area contributed by atoms with Crippen LogP contribution < -0.4 is 5.32 Å². The monoisotopic (exact) mass is 408 g/mol. The zero-order valence-electron chi connectivity index (χ0n) is 14.0. The molecule has 136 valence electrons. The van der Waals surface area contributed by atoms with E-state index >= 15 is 0 Å². The number of hydrogen-bond donors (Lipinski definition) is 2. The number of anilines is 1. The predicted octanol–water partition coefficient (Wildman–Crippen LogP) is 4.09. The Hall–Kier alpha value is -2.10. The minimum Gasteiger partial charge on any atom is -0.299 e. The quantitative estimate of drug-likeness (QED) is 0.574. The highest BCUT2D eigenvalue weighted by Gasteiger charge is 2.14. The molecule has 3 rings (SSSR count). The van der Waals surface area contributed by atoms with Crippen molar-refractivity contribution < 1.29 is 4.79 Å². The Morgan fingerprint density at radius 2 is 2.12 bits per heavy atom. The highest BCUT2D eigenvalue weighted by molar-refractivity contribution is 7.71. The molecular weight excluding hydrogens is 392 g/mol. The summed E-state index contributed by atoms with van der Waals surface area (Å²) >= 11 is 12.6. The van der Waals surface area contributed by atoms with Crippen LogP contribution in [0.5, 0.6) is 0 Å². The zero-order chi connectivity index (χ0) is 18.5. The largest absolute Gasteiger partial charge is 0.299 e. The van der Waals surface area contributed by atoms with Crippen LogP contribution >= 0.6 is 35.2 Å². The molecule has 1 amide bonds. The molecular formula is C16H17ClN6OS2. The molecule has 2 N–H and O–H groups in total. The second-order valence-electron chi connectivity index (χ2n) is 5.60. The summed E-state index contributed by atoms with van der Waals surface area (Å²) in [7, 11) is 0. The number of aryl methyl sites for hydroxylation is 1. The Morgan fingerprint density at radius 3 is 2.85 bits per heavy atom. The lowest BCUT2D eigenvalue weighted by molar-refractivity contribution is -0.116. The maximum Gasteiger partial charge on any atom is 0.246 e. The summed E-state index contributed by atoms with van der Waals surface area (Å²) in [5.41, 5.74) is 0.812. The van der Waals surface area contributed by atoms with Crippen molar-refractivity contribution in [3.63, 3.8) is 0 Å². The second-order valence-corrected chi connectivity index (χ2v) is 7.48. The van der Waals surface area contributed by atoms with Crippen LogP contribution in [-0.4, -0.2) is 30.9 Å². The molecule has 0 saturated heterocycles. The fraction of sp³-hybridized carbons (Fsp3) is 0.312. The molecule has 0 aliphatic rings. The number of unbranched alkanes of at least 4 members (excludes halogenated alkanes) is 1. The van der Waals surface area contributed by atoms with E-state index in [-0.39, 0.29) is 12.5 Å². The molecule has 26 heavy (non-hydrogen) atoms. The molecule has 0 aliphatic heterocycles. The molecule has 3 aromatic rings. The van der Waals surface area contributed by atoms with E-state index in [1.165, 1.54) is 11.3 Å². The predicted molar refractivity (Wildman–Crippen MR) is 105 cm³/mol. The van der Waals surface area contributed by atoms with Gasteiger partial charge in [0.15, 0.2) is 10.6 Å². The van der Waals surface area contributed by atoms with Crippen LogP contribution in [0.2, 0.25) is 5.02 Å². The first-order valence-electron chi connectivity index (χ1n) is 8.10. The lowest BCUT2D eigenvalue weighted by Crippen LogP contribution is -2.19. The summed E-state index contributed by atoms with van der Waals surface area (Å²) in [5, 5.41) is 19.8. The summed E-state index contributed by atoms with van der Waals surface area (Å²) in [6.45, 7) is 2.15. The van der Waals surface area contributed by atoms with E-state index in [1.807, 2.05) is 12.1 Å². The van der Waals surface area contributed by atoms with Gasteiger partial charge in [0.2, 0.25) is 11.0 Å². The molecule has 0 saturated carbocycles. The molecule has 0 spiro atoms. The van der Waals surface area contributed by atoms with Crippen molar-refractivity contribution in [3.05, 3.63) is 39.1 Å². The highest BCUT2D eigenvalue weighted by atomic mass is 35.5. The van der Waals surface area contributed by atoms with Crippen molar-refractivity contribution >= 4 is 46.2 Å². The van der Waals surface area contributed by atoms with Crippen LogP contribution in [0.4, 0.5) is 5.13 Å². The van der Waals surface area contributed by atoms with Crippen LogP contribution in [0.1, 0.15) is 24.8 Å². The molecule has 10 heteroatoms. The summed E-state index contributed by atoms with van der Waals surface area (Å²) in [6, 6.07) is 7.18. The Bertz CT molecular complexity index is 946. The van der Waals surface area contributed by atoms with E-state index in [0.29, 0.717) is 20.7 Å². The van der Waals surface area contributed by atoms with Crippen molar-refractivity contribution in [2.24, 2.45) is 0 Å². The number of hydrogen-bond acceptors (Lipinski definition) is 6. The number of aromatic amines is 1. The molecule has 0 bridgehead atoms. The van der Waals surface area contributed by atoms with Gasteiger partial charge in [0.1, 0.15) is 11.6 Å². The van der Waals surface area contributed by atoms with E-state index in [9.17, 15) is 4.79 Å². The number of carbonyl (C=O) groups excluding carboxylic acids is 1. The molecule has 0 unspecified atom stereocenters. The van der Waals surface area contributed by atoms with Crippen molar-refractivity contribution in [3.8, 4) is 11.4 Å². The molecule has 0 atom stereocenters. The molecule has 0 aliphatic carbocycles. The van der Waals surface area contributed by atoms with Crippen molar-refractivity contribution in [2.75, 3.05) is 5.32 Å². The highest BCUT2D eigenvalue weighted by Crippen LogP contribution is 2.21. The molecule has 0 fully saturated rings. The number of rotatable bonds is 7. The Morgan fingerprint density at radius 1 is 1.35 bits per heavy atom. The van der Waals surface area contributed by atoms with Crippen LogP contribution in [0.3, 0.4) is 0 Å². The van der Waals surface area contributed by atoms with Crippen LogP contribution in [0, 0.1) is 4.77 Å². The molecule has 2 heterocycles. The topological polar surface area (TPSA) is 88.5 Å². The Kier molecular flexibility index (Phi) is 6.12. The van der Waals surface area contributed by atoms with Crippen molar-refractivity contribution in [2.45, 2.75) is 32.7 Å². The minimum absolute atomic E-state index is 0.0250. The Balaban J connectivity index is 1.71. The third-order valence-corrected chi connectivity index (χ3v) is 5.08. The molecule has 1 aromatic carbocycles. The maximum absolute atomic E-state index is 12.4. The number of aromatic nitrogens is 5. The van der Waals surface area contributed by atoms with E-state index in [4.69, 9.17) is 23.8 Å². The average Bonchev–Trinajstić information content (AvgIpc) is 3.21. The molecule has 7 nitrogen and oxygen atoms in total. The molecule has 0 radical (unpaired) electrons. The van der Waals surface area contributed by atoms with Gasteiger partial charge in [-0.3, -0.25) is 19.8 Å². The first-order chi connectivity index (χ1) is 12.6. The standard InChI is InChI=1S/C16H17ClN6OS2/c1-2-3-4-13-19-21-15(26-13)18-12(24)9-23-14(20-22-16(23)25)10-5-7-11(17)8-6-10/h5-8H,2-4,9H2,1H3,(H,22,25)(H,18,21,24). The Labute approximate surface area is 164 Å². The lowest BCUT2D eigenvalue weighted by atomic mass is 10.2. The number of amides is 1. The van der Waals surface area contributed by atoms with Crippen molar-refractivity contribution in [1.82, 2.24) is 25.0 Å². The van der Waals surface area contributed by atoms with Gasteiger partial charge in [-0.2, -0.15) is 5.10 Å². The zero-order valence-corrected chi connectivity index (χ0v) is 16.4. The third kappa shape index (κ3) is 4.54. The van der Waals surface area contributed by atoms with Crippen LogP contribution in [-0.2, 0) is 17.8 Å². The first kappa shape index (κ1) is 18.7. The van der Waals surface area contributed by atoms with Gasteiger partial charge in [-0.05, 0) is 42.9 Å². The third-order valence-electron chi connectivity index (χ3n) is 3.62. The van der Waals surface area contributed by atoms with Gasteiger partial charge in [0.25, 0.3) is 0 Å². The normalized spacial score (nSPS) is 10.8. The van der Waals surface area contributed by atoms with Gasteiger partial charge < -0.3 is 0 Å². The van der Waals surface area contributed by atoms with Crippen LogP contribution in [0.25, 0.3) is 11.4 Å². The summed E-state index contributed by atoms with van der Waals surface area (Å²) in [4.78, 5) is 12.4. The summed E-state index contributed by atoms with van der Waals surface area (Å²) in [6.07, 6.45) is 3.02. The van der Waals surface area contributed by atoms with Gasteiger partial charge in [-0.25, -0.2) is 0 Å². The summed E-state index contributed by atoms with van der Waals surface area (Å²) < 4.78 is 2.00. The number of carbonyl (C=O) groups is 1. The number of halogens is 1. The van der Waals surface area contributed by atoms with Crippen molar-refractivity contribution in [1.29, 1.82) is 0 Å². The van der Waals surface area contributed by atoms with Gasteiger partial charge >= 0.3 is 0 Å². The van der Waals surface area contributed by atoms with E-state index in [0.717, 1.165) is 29.8 Å². The number of nitrogens with one attached hydrogen (secondary N) is 2. The average molecular weight is 409 g/mol. The summed E-state index contributed by atoms with van der Waals surface area (Å²) in [5.74, 6) is 0.332. The second kappa shape index (κ2) is 8.52. The lowest BCUT2D eigenvalue weighted by Gasteiger charge is -2.06. The number of nitrogens with zero attached hydrogens (tertiary/aromatic N) is 4. The number of benzene rings is 1. The van der Waals surface area contributed by atoms with Crippen LogP contribution in [0.15, 0.2) is 24.3 Å². The number of H-pyrrole nitrogens is 1. The maximum atomic E-state index is 12.4. The van der Waals surface area contributed by atoms with Gasteiger partial charge in [-0.15, -0.1) is 10.2 Å². The van der Waals surface area contributed by atoms with Gasteiger partial charge in [0, 0.05) is 17.0 Å². The fourth-order valence-electron chi connectivity index (χ4n) is 2.32. The molecule has 2 aromatic heterocycles.